The number of aryl methyl sites for hydroxylation is 2. The van der Waals surface area contributed by atoms with E-state index >= 15 is 0 Å². The van der Waals surface area contributed by atoms with Gasteiger partial charge in [-0.1, -0.05) is 62.4 Å². The fourth-order valence-electron chi connectivity index (χ4n) is 4.90. The molecule has 0 spiro atoms. The molecule has 0 aromatic heterocycles. The van der Waals surface area contributed by atoms with Gasteiger partial charge in [-0.3, -0.25) is 4.79 Å². The molecule has 1 saturated carbocycles. The van der Waals surface area contributed by atoms with Crippen LogP contribution in [0.5, 0.6) is 5.75 Å². The first kappa shape index (κ1) is 20.9. The summed E-state index contributed by atoms with van der Waals surface area (Å²) in [6.07, 6.45) is 11.0. The summed E-state index contributed by atoms with van der Waals surface area (Å²) in [7, 11) is 0. The van der Waals surface area contributed by atoms with Gasteiger partial charge in [0.2, 0.25) is 0 Å². The van der Waals surface area contributed by atoms with Crippen LogP contribution in [-0.4, -0.2) is 19.1 Å². The monoisotopic (exact) mass is 406 g/mol. The average molecular weight is 407 g/mol. The van der Waals surface area contributed by atoms with Gasteiger partial charge >= 0.3 is 0 Å². The van der Waals surface area contributed by atoms with Crippen molar-refractivity contribution >= 4 is 5.91 Å². The van der Waals surface area contributed by atoms with Crippen LogP contribution in [0.4, 0.5) is 0 Å². The Morgan fingerprint density at radius 1 is 0.933 bits per heavy atom. The summed E-state index contributed by atoms with van der Waals surface area (Å²) in [5.41, 5.74) is 11.4. The van der Waals surface area contributed by atoms with Crippen molar-refractivity contribution in [3.63, 3.8) is 0 Å². The number of ether oxygens (including phenoxy) is 1. The second-order valence-electron chi connectivity index (χ2n) is 8.84. The molecular formula is C26H34N2O2. The Morgan fingerprint density at radius 3 is 2.47 bits per heavy atom. The number of carbonyl (C=O) groups excluding carboxylic acids is 1. The van der Waals surface area contributed by atoms with Gasteiger partial charge in [0.15, 0.2) is 6.61 Å². The van der Waals surface area contributed by atoms with Crippen LogP contribution < -0.4 is 15.8 Å². The van der Waals surface area contributed by atoms with Gasteiger partial charge in [0.05, 0.1) is 6.04 Å². The summed E-state index contributed by atoms with van der Waals surface area (Å²) < 4.78 is 5.82. The summed E-state index contributed by atoms with van der Waals surface area (Å²) in [4.78, 5) is 12.3. The van der Waals surface area contributed by atoms with Crippen molar-refractivity contribution < 1.29 is 9.53 Å². The number of nitrogens with one attached hydrogen (secondary N) is 1. The fraction of sp³-hybridized carbons (Fsp3) is 0.500. The molecule has 0 saturated heterocycles. The number of hydrogen-bond donors (Lipinski definition) is 2. The Morgan fingerprint density at radius 2 is 1.63 bits per heavy atom. The van der Waals surface area contributed by atoms with Gasteiger partial charge in [-0.05, 0) is 66.0 Å². The SMILES string of the molecule is NC1c2ccccc2CCc2cc(OCC(=O)NCC3CCCCCCC3)ccc21. The van der Waals surface area contributed by atoms with Crippen molar-refractivity contribution in [2.75, 3.05) is 13.2 Å². The van der Waals surface area contributed by atoms with Gasteiger partial charge in [0.25, 0.3) is 5.91 Å². The lowest BCUT2D eigenvalue weighted by atomic mass is 9.91. The third kappa shape index (κ3) is 5.23. The highest BCUT2D eigenvalue weighted by Gasteiger charge is 2.21. The highest BCUT2D eigenvalue weighted by atomic mass is 16.5. The van der Waals surface area contributed by atoms with Crippen molar-refractivity contribution in [1.82, 2.24) is 5.32 Å². The van der Waals surface area contributed by atoms with E-state index in [2.05, 4.69) is 41.7 Å². The molecule has 1 amide bonds. The van der Waals surface area contributed by atoms with Gasteiger partial charge in [0, 0.05) is 6.54 Å². The van der Waals surface area contributed by atoms with E-state index in [4.69, 9.17) is 10.5 Å². The molecule has 1 unspecified atom stereocenters. The van der Waals surface area contributed by atoms with Crippen molar-refractivity contribution in [2.24, 2.45) is 11.7 Å². The molecule has 2 aliphatic rings. The number of nitrogens with two attached hydrogens (primary N) is 1. The lowest BCUT2D eigenvalue weighted by Crippen LogP contribution is -2.33. The first-order valence-electron chi connectivity index (χ1n) is 11.6. The van der Waals surface area contributed by atoms with E-state index in [1.807, 2.05) is 6.07 Å². The van der Waals surface area contributed by atoms with Crippen LogP contribution in [0, 0.1) is 5.92 Å². The molecular weight excluding hydrogens is 372 g/mol. The zero-order chi connectivity index (χ0) is 20.8. The van der Waals surface area contributed by atoms with Gasteiger partial charge in [-0.25, -0.2) is 0 Å². The normalized spacial score (nSPS) is 19.6. The minimum atomic E-state index is -0.111. The molecule has 1 atom stereocenters. The van der Waals surface area contributed by atoms with Crippen LogP contribution in [0.25, 0.3) is 0 Å². The highest BCUT2D eigenvalue weighted by Crippen LogP contribution is 2.32. The summed E-state index contributed by atoms with van der Waals surface area (Å²) in [5.74, 6) is 1.33. The molecule has 4 heteroatoms. The molecule has 2 aliphatic carbocycles. The maximum atomic E-state index is 12.3. The maximum Gasteiger partial charge on any atom is 0.257 e. The van der Waals surface area contributed by atoms with Crippen molar-refractivity contribution in [3.05, 3.63) is 64.7 Å². The molecule has 0 radical (unpaired) electrons. The molecule has 160 valence electrons. The zero-order valence-electron chi connectivity index (χ0n) is 17.9. The van der Waals surface area contributed by atoms with Gasteiger partial charge in [-0.15, -0.1) is 0 Å². The first-order valence-corrected chi connectivity index (χ1v) is 11.6. The van der Waals surface area contributed by atoms with Crippen LogP contribution in [0.1, 0.15) is 73.2 Å². The highest BCUT2D eigenvalue weighted by molar-refractivity contribution is 5.77. The second kappa shape index (κ2) is 10.1. The predicted molar refractivity (Wildman–Crippen MR) is 121 cm³/mol. The Hall–Kier alpha value is -2.33. The van der Waals surface area contributed by atoms with Gasteiger partial charge in [-0.2, -0.15) is 0 Å². The smallest absolute Gasteiger partial charge is 0.257 e. The van der Waals surface area contributed by atoms with E-state index in [-0.39, 0.29) is 18.6 Å². The molecule has 30 heavy (non-hydrogen) atoms. The van der Waals surface area contributed by atoms with Crippen LogP contribution in [-0.2, 0) is 17.6 Å². The van der Waals surface area contributed by atoms with E-state index in [1.165, 1.54) is 61.6 Å². The lowest BCUT2D eigenvalue weighted by Gasteiger charge is -2.20. The minimum Gasteiger partial charge on any atom is -0.484 e. The number of benzene rings is 2. The van der Waals surface area contributed by atoms with Crippen LogP contribution in [0.15, 0.2) is 42.5 Å². The molecule has 4 rings (SSSR count). The fourth-order valence-corrected chi connectivity index (χ4v) is 4.90. The Balaban J connectivity index is 1.31. The number of rotatable bonds is 5. The summed E-state index contributed by atoms with van der Waals surface area (Å²) in [6.45, 7) is 0.845. The molecule has 0 bridgehead atoms. The van der Waals surface area contributed by atoms with Crippen LogP contribution in [0.2, 0.25) is 0 Å². The van der Waals surface area contributed by atoms with E-state index in [0.29, 0.717) is 5.92 Å². The molecule has 0 aliphatic heterocycles. The Labute approximate surface area is 180 Å². The second-order valence-corrected chi connectivity index (χ2v) is 8.84. The van der Waals surface area contributed by atoms with E-state index < -0.39 is 0 Å². The number of amides is 1. The lowest BCUT2D eigenvalue weighted by molar-refractivity contribution is -0.123. The van der Waals surface area contributed by atoms with Crippen LogP contribution in [0.3, 0.4) is 0 Å². The maximum absolute atomic E-state index is 12.3. The largest absolute Gasteiger partial charge is 0.484 e. The Bertz CT molecular complexity index is 856. The van der Waals surface area contributed by atoms with E-state index in [1.54, 1.807) is 0 Å². The zero-order valence-corrected chi connectivity index (χ0v) is 17.9. The van der Waals surface area contributed by atoms with Crippen molar-refractivity contribution in [3.8, 4) is 5.75 Å². The van der Waals surface area contributed by atoms with E-state index in [0.717, 1.165) is 30.7 Å². The number of fused-ring (bicyclic) bond motifs is 2. The third-order valence-electron chi connectivity index (χ3n) is 6.69. The third-order valence-corrected chi connectivity index (χ3v) is 6.69. The molecule has 2 aromatic carbocycles. The standard InChI is InChI=1S/C26H34N2O2/c27-26-23-11-7-6-10-20(23)12-13-21-16-22(14-15-24(21)26)30-18-25(29)28-17-19-8-4-2-1-3-5-9-19/h6-7,10-11,14-16,19,26H,1-5,8-9,12-13,17-18,27H2,(H,28,29). The van der Waals surface area contributed by atoms with Gasteiger partial charge in [0.1, 0.15) is 5.75 Å². The van der Waals surface area contributed by atoms with Crippen molar-refractivity contribution in [2.45, 2.75) is 63.8 Å². The molecule has 3 N–H and O–H groups in total. The molecule has 1 fully saturated rings. The summed E-state index contributed by atoms with van der Waals surface area (Å²) in [6, 6.07) is 14.4. The quantitative estimate of drug-likeness (QED) is 0.757. The number of carbonyl (C=O) groups is 1. The van der Waals surface area contributed by atoms with Crippen molar-refractivity contribution in [1.29, 1.82) is 0 Å². The predicted octanol–water partition coefficient (Wildman–Crippen LogP) is 4.69. The summed E-state index contributed by atoms with van der Waals surface area (Å²) in [5, 5.41) is 3.08. The number of hydrogen-bond acceptors (Lipinski definition) is 3. The molecule has 2 aromatic rings. The topological polar surface area (TPSA) is 64.3 Å². The van der Waals surface area contributed by atoms with Crippen LogP contribution >= 0.6 is 0 Å². The molecule has 0 heterocycles. The van der Waals surface area contributed by atoms with E-state index in [9.17, 15) is 4.79 Å². The summed E-state index contributed by atoms with van der Waals surface area (Å²) >= 11 is 0. The Kier molecular flexibility index (Phi) is 7.06. The molecule has 4 nitrogen and oxygen atoms in total. The van der Waals surface area contributed by atoms with Gasteiger partial charge < -0.3 is 15.8 Å². The average Bonchev–Trinajstić information content (AvgIpc) is 2.88. The first-order chi connectivity index (χ1) is 14.7. The minimum absolute atomic E-state index is 0.0314.